The molecule has 2 aromatic carbocycles. The number of carbonyl (C=O) groups is 1. The topological polar surface area (TPSA) is 72.9 Å². The lowest BCUT2D eigenvalue weighted by molar-refractivity contribution is -0.117. The van der Waals surface area contributed by atoms with Crippen LogP contribution in [0, 0.1) is 5.82 Å². The molecule has 0 aliphatic rings. The first kappa shape index (κ1) is 14.2. The maximum absolute atomic E-state index is 13.1. The van der Waals surface area contributed by atoms with Crippen molar-refractivity contribution in [1.82, 2.24) is 9.55 Å². The Balaban J connectivity index is 2.16. The largest absolute Gasteiger partial charge is 0.320 e. The van der Waals surface area contributed by atoms with E-state index in [1.807, 2.05) is 24.3 Å². The number of fused-ring (bicyclic) bond motifs is 1. The van der Waals surface area contributed by atoms with Crippen molar-refractivity contribution in [3.8, 4) is 5.69 Å². The number of hydrogen-bond acceptors (Lipinski definition) is 3. The zero-order valence-corrected chi connectivity index (χ0v) is 12.0. The molecule has 1 atom stereocenters. The van der Waals surface area contributed by atoms with Gasteiger partial charge >= 0.3 is 0 Å². The van der Waals surface area contributed by atoms with Crippen LogP contribution in [0.5, 0.6) is 0 Å². The molecule has 1 aromatic heterocycles. The molecular formula is C16H15FN4O. The second-order valence-electron chi connectivity index (χ2n) is 5.01. The van der Waals surface area contributed by atoms with E-state index in [2.05, 4.69) is 10.3 Å². The van der Waals surface area contributed by atoms with E-state index in [-0.39, 0.29) is 11.7 Å². The highest BCUT2D eigenvalue weighted by Crippen LogP contribution is 2.24. The van der Waals surface area contributed by atoms with E-state index in [1.165, 1.54) is 12.1 Å². The van der Waals surface area contributed by atoms with Crippen LogP contribution in [0.25, 0.3) is 16.7 Å². The van der Waals surface area contributed by atoms with E-state index in [0.717, 1.165) is 11.0 Å². The summed E-state index contributed by atoms with van der Waals surface area (Å²) in [5.74, 6) is -0.303. The van der Waals surface area contributed by atoms with Crippen molar-refractivity contribution in [2.45, 2.75) is 13.0 Å². The number of imidazole rings is 1. The SMILES string of the molecule is CC(N)C(=O)Nc1nc2ccccc2n1-c1ccc(F)cc1. The molecule has 1 heterocycles. The maximum atomic E-state index is 13.1. The Bertz CT molecular complexity index is 824. The lowest BCUT2D eigenvalue weighted by Gasteiger charge is -2.11. The van der Waals surface area contributed by atoms with E-state index in [9.17, 15) is 9.18 Å². The highest BCUT2D eigenvalue weighted by Gasteiger charge is 2.16. The van der Waals surface area contributed by atoms with E-state index < -0.39 is 6.04 Å². The second kappa shape index (κ2) is 5.57. The standard InChI is InChI=1S/C16H15FN4O/c1-10(18)15(22)20-16-19-13-4-2-3-5-14(13)21(16)12-8-6-11(17)7-9-12/h2-10H,18H2,1H3,(H,19,20,22). The van der Waals surface area contributed by atoms with Crippen LogP contribution in [0.4, 0.5) is 10.3 Å². The normalized spacial score (nSPS) is 12.3. The molecule has 3 N–H and O–H groups in total. The quantitative estimate of drug-likeness (QED) is 0.780. The summed E-state index contributed by atoms with van der Waals surface area (Å²) in [4.78, 5) is 16.3. The number of aromatic nitrogens is 2. The molecule has 112 valence electrons. The predicted molar refractivity (Wildman–Crippen MR) is 83.3 cm³/mol. The molecule has 3 rings (SSSR count). The zero-order chi connectivity index (χ0) is 15.7. The van der Waals surface area contributed by atoms with Gasteiger partial charge in [0.25, 0.3) is 0 Å². The number of nitrogens with zero attached hydrogens (tertiary/aromatic N) is 2. The van der Waals surface area contributed by atoms with Gasteiger partial charge in [-0.1, -0.05) is 12.1 Å². The summed E-state index contributed by atoms with van der Waals surface area (Å²) in [7, 11) is 0. The Morgan fingerprint density at radius 3 is 2.59 bits per heavy atom. The van der Waals surface area contributed by atoms with Gasteiger partial charge in [-0.2, -0.15) is 0 Å². The number of carbonyl (C=O) groups excluding carboxylic acids is 1. The van der Waals surface area contributed by atoms with Crippen molar-refractivity contribution >= 4 is 22.9 Å². The zero-order valence-electron chi connectivity index (χ0n) is 12.0. The molecule has 1 unspecified atom stereocenters. The van der Waals surface area contributed by atoms with Crippen LogP contribution in [-0.2, 0) is 4.79 Å². The summed E-state index contributed by atoms with van der Waals surface area (Å²) in [6, 6.07) is 12.8. The summed E-state index contributed by atoms with van der Waals surface area (Å²) < 4.78 is 14.9. The molecule has 0 aliphatic heterocycles. The monoisotopic (exact) mass is 298 g/mol. The van der Waals surface area contributed by atoms with Crippen LogP contribution in [0.15, 0.2) is 48.5 Å². The lowest BCUT2D eigenvalue weighted by Crippen LogP contribution is -2.33. The molecule has 0 aliphatic carbocycles. The van der Waals surface area contributed by atoms with Gasteiger partial charge in [-0.15, -0.1) is 0 Å². The molecule has 0 radical (unpaired) electrons. The Morgan fingerprint density at radius 1 is 1.23 bits per heavy atom. The van der Waals surface area contributed by atoms with Gasteiger partial charge in [0.15, 0.2) is 0 Å². The Kier molecular flexibility index (Phi) is 3.60. The number of anilines is 1. The number of nitrogens with two attached hydrogens (primary N) is 1. The fourth-order valence-electron chi connectivity index (χ4n) is 2.19. The van der Waals surface area contributed by atoms with Crippen molar-refractivity contribution in [3.05, 3.63) is 54.3 Å². The number of rotatable bonds is 3. The summed E-state index contributed by atoms with van der Waals surface area (Å²) >= 11 is 0. The van der Waals surface area contributed by atoms with E-state index in [4.69, 9.17) is 5.73 Å². The molecular weight excluding hydrogens is 283 g/mol. The fraction of sp³-hybridized carbons (Fsp3) is 0.125. The van der Waals surface area contributed by atoms with Gasteiger partial charge < -0.3 is 5.73 Å². The van der Waals surface area contributed by atoms with Gasteiger partial charge in [0, 0.05) is 5.69 Å². The molecule has 1 amide bonds. The minimum absolute atomic E-state index is 0.325. The van der Waals surface area contributed by atoms with Crippen LogP contribution >= 0.6 is 0 Å². The fourth-order valence-corrected chi connectivity index (χ4v) is 2.19. The first-order chi connectivity index (χ1) is 10.6. The minimum atomic E-state index is -0.651. The first-order valence-corrected chi connectivity index (χ1v) is 6.86. The Labute approximate surface area is 126 Å². The maximum Gasteiger partial charge on any atom is 0.243 e. The number of para-hydroxylation sites is 2. The molecule has 0 fully saturated rings. The van der Waals surface area contributed by atoms with Gasteiger partial charge in [0.2, 0.25) is 11.9 Å². The lowest BCUT2D eigenvalue weighted by atomic mass is 10.2. The molecule has 6 heteroatoms. The number of benzene rings is 2. The highest BCUT2D eigenvalue weighted by atomic mass is 19.1. The molecule has 0 saturated heterocycles. The van der Waals surface area contributed by atoms with Gasteiger partial charge in [0.05, 0.1) is 17.1 Å². The van der Waals surface area contributed by atoms with Crippen molar-refractivity contribution in [3.63, 3.8) is 0 Å². The third kappa shape index (κ3) is 2.56. The summed E-state index contributed by atoms with van der Waals surface area (Å²) in [6.07, 6.45) is 0. The van der Waals surface area contributed by atoms with Crippen molar-refractivity contribution in [2.24, 2.45) is 5.73 Å². The summed E-state index contributed by atoms with van der Waals surface area (Å²) in [5.41, 5.74) is 7.83. The molecule has 0 spiro atoms. The number of nitrogens with one attached hydrogen (secondary N) is 1. The van der Waals surface area contributed by atoms with Crippen LogP contribution in [-0.4, -0.2) is 21.5 Å². The predicted octanol–water partition coefficient (Wildman–Crippen LogP) is 2.45. The molecule has 3 aromatic rings. The van der Waals surface area contributed by atoms with Crippen molar-refractivity contribution < 1.29 is 9.18 Å². The number of amides is 1. The van der Waals surface area contributed by atoms with Gasteiger partial charge in [-0.25, -0.2) is 9.37 Å². The molecule has 0 saturated carbocycles. The smallest absolute Gasteiger partial charge is 0.243 e. The average molecular weight is 298 g/mol. The van der Waals surface area contributed by atoms with Gasteiger partial charge in [-0.05, 0) is 43.3 Å². The molecule has 22 heavy (non-hydrogen) atoms. The average Bonchev–Trinajstić information content (AvgIpc) is 2.86. The van der Waals surface area contributed by atoms with E-state index in [1.54, 1.807) is 23.6 Å². The van der Waals surface area contributed by atoms with Gasteiger partial charge in [-0.3, -0.25) is 14.7 Å². The summed E-state index contributed by atoms with van der Waals surface area (Å²) in [5, 5.41) is 2.71. The van der Waals surface area contributed by atoms with Crippen LogP contribution in [0.2, 0.25) is 0 Å². The molecule has 0 bridgehead atoms. The minimum Gasteiger partial charge on any atom is -0.320 e. The van der Waals surface area contributed by atoms with Crippen LogP contribution in [0.1, 0.15) is 6.92 Å². The van der Waals surface area contributed by atoms with E-state index >= 15 is 0 Å². The first-order valence-electron chi connectivity index (χ1n) is 6.86. The Hall–Kier alpha value is -2.73. The molecule has 5 nitrogen and oxygen atoms in total. The summed E-state index contributed by atoms with van der Waals surface area (Å²) in [6.45, 7) is 1.60. The Morgan fingerprint density at radius 2 is 1.91 bits per heavy atom. The number of hydrogen-bond donors (Lipinski definition) is 2. The highest BCUT2D eigenvalue weighted by molar-refractivity contribution is 5.95. The van der Waals surface area contributed by atoms with Crippen LogP contribution < -0.4 is 11.1 Å². The van der Waals surface area contributed by atoms with Crippen molar-refractivity contribution in [1.29, 1.82) is 0 Å². The van der Waals surface area contributed by atoms with E-state index in [0.29, 0.717) is 11.6 Å². The van der Waals surface area contributed by atoms with Gasteiger partial charge in [0.1, 0.15) is 5.82 Å². The van der Waals surface area contributed by atoms with Crippen LogP contribution in [0.3, 0.4) is 0 Å². The third-order valence-electron chi connectivity index (χ3n) is 3.29. The number of halogens is 1. The third-order valence-corrected chi connectivity index (χ3v) is 3.29. The van der Waals surface area contributed by atoms with Crippen molar-refractivity contribution in [2.75, 3.05) is 5.32 Å². The second-order valence-corrected chi connectivity index (χ2v) is 5.01.